The number of Topliss-reactive ketones (excluding diaryl/α,β-unsaturated/α-hetero) is 1. The molecular formula is C95H109Cl2F15N12O8. The zero-order valence-corrected chi connectivity index (χ0v) is 76.1. The van der Waals surface area contributed by atoms with Crippen molar-refractivity contribution in [2.75, 3.05) is 120 Å². The van der Waals surface area contributed by atoms with Gasteiger partial charge >= 0.3 is 30.9 Å². The minimum absolute atomic E-state index is 0.00294. The number of aromatic nitrogens is 4. The molecular weight excluding hydrogens is 1790 g/mol. The van der Waals surface area contributed by atoms with Crippen LogP contribution in [0, 0.1) is 0 Å². The number of fused-ring (bicyclic) bond motifs is 8. The summed E-state index contributed by atoms with van der Waals surface area (Å²) in [5.41, 5.74) is 2.19. The third kappa shape index (κ3) is 20.2. The van der Waals surface area contributed by atoms with Gasteiger partial charge in [0.15, 0.2) is 0 Å². The first kappa shape index (κ1) is 98.5. The van der Waals surface area contributed by atoms with Crippen molar-refractivity contribution in [2.24, 2.45) is 0 Å². The summed E-state index contributed by atoms with van der Waals surface area (Å²) < 4.78 is 219. The summed E-state index contributed by atoms with van der Waals surface area (Å²) in [6.45, 7) is 10.2. The molecule has 0 radical (unpaired) electrons. The van der Waals surface area contributed by atoms with E-state index in [0.717, 1.165) is 11.8 Å². The number of ether oxygens (including phenoxy) is 3. The molecule has 4 amide bonds. The molecule has 8 aromatic rings. The monoisotopic (exact) mass is 1900 g/mol. The van der Waals surface area contributed by atoms with Crippen LogP contribution in [0.15, 0.2) is 133 Å². The van der Waals surface area contributed by atoms with E-state index in [2.05, 4.69) is 26.8 Å². The fraction of sp³-hybridized carbons (Fsp3) is 0.526. The minimum atomic E-state index is -4.89. The normalized spacial score (nSPS) is 19.5. The van der Waals surface area contributed by atoms with E-state index in [1.165, 1.54) is 81.2 Å². The zero-order valence-electron chi connectivity index (χ0n) is 74.5. The number of halogens is 17. The van der Waals surface area contributed by atoms with Crippen molar-refractivity contribution in [1.29, 1.82) is 0 Å². The van der Waals surface area contributed by atoms with Gasteiger partial charge in [-0.1, -0.05) is 78.9 Å². The van der Waals surface area contributed by atoms with Gasteiger partial charge in [-0.05, 0) is 220 Å². The molecule has 1 aliphatic carbocycles. The van der Waals surface area contributed by atoms with Crippen LogP contribution in [0.2, 0.25) is 10.0 Å². The van der Waals surface area contributed by atoms with Crippen LogP contribution in [-0.2, 0) is 78.2 Å². The fourth-order valence-corrected chi connectivity index (χ4v) is 21.7. The SMILES string of the molecule is CC(C)Oc1ccc(C(=O)N2CCC3(CC2)c2ccc(C(F)(F)F)n2CCN3C)cc1Cl.CN1CCn2c(C(=O)C(F)(F)F)ccc2C12CCN(C(=O)c1ccc(C3CCCCC3)cc1)CC2.CN1CCn2c(C(F)(F)F)cc(Cl)c2C12CCN(C(=O)c1ccc(COCCC(F)(F)F)cc1)CC2.COc1ccccc1C(=O)N1CCC2(CC1)c1ccc(C(F)(F)F)n1CCN2C. The van der Waals surface area contributed by atoms with Crippen molar-refractivity contribution in [3.63, 3.8) is 0 Å². The van der Waals surface area contributed by atoms with Gasteiger partial charge in [-0.25, -0.2) is 0 Å². The molecule has 37 heteroatoms. The number of hydrogen-bond acceptors (Lipinski definition) is 12. The Morgan fingerprint density at radius 3 is 1.27 bits per heavy atom. The number of likely N-dealkylation sites (tertiary alicyclic amines) is 4. The lowest BCUT2D eigenvalue weighted by atomic mass is 9.81. The number of hydrogen-bond donors (Lipinski definition) is 0. The topological polar surface area (TPSA) is 159 Å². The van der Waals surface area contributed by atoms with E-state index in [0.29, 0.717) is 217 Å². The van der Waals surface area contributed by atoms with E-state index in [1.54, 1.807) is 93.6 Å². The number of rotatable bonds is 13. The molecule has 20 nitrogen and oxygen atoms in total. The summed E-state index contributed by atoms with van der Waals surface area (Å²) in [5, 5.41) is 0.462. The lowest BCUT2D eigenvalue weighted by Crippen LogP contribution is -2.57. The van der Waals surface area contributed by atoms with Crippen LogP contribution < -0.4 is 9.47 Å². The highest BCUT2D eigenvalue weighted by molar-refractivity contribution is 6.32. The first-order chi connectivity index (χ1) is 62.3. The maximum atomic E-state index is 13.6. The van der Waals surface area contributed by atoms with Gasteiger partial charge in [-0.2, -0.15) is 65.9 Å². The first-order valence-corrected chi connectivity index (χ1v) is 45.4. The highest BCUT2D eigenvalue weighted by atomic mass is 35.5. The standard InChI is InChI=1S/C27H32F3N3O2.C24H26ClF6N3O2.C23H27ClF3N3O2.C21H24F3N3O2/c1-31-17-18-33-22(24(34)27(28,29)30)11-12-23(33)26(31)13-15-32(16-14-26)25(35)21-9-7-20(8-10-21)19-5-3-2-4-6-19;1-32-11-12-34-19(24(29,30)31)14-18(25)20(34)22(32)6-9-33(10-7-22)21(35)17-4-2-16(3-5-17)15-36-13-8-23(26,27)28;1-15(2)32-18-5-4-16(14-17(18)24)21(31)29-10-8-22(9-11-29)19-6-7-20(23(25,26)27)30(19)13-12-28(22)3;1-25-13-14-27-17(7-8-18(27)21(22,23)24)20(25)9-11-26(12-10-20)19(28)15-5-3-4-6-16(15)29-2/h7-12,19H,2-6,13-18H2,1H3;2-5,14H,6-13,15H2,1H3;4-7,14-15H,8-13H2,1-3H3;3-8H,9-14H2,1-2H3. The number of nitrogens with zero attached hydrogens (tertiary/aromatic N) is 12. The van der Waals surface area contributed by atoms with Gasteiger partial charge in [0.25, 0.3) is 29.4 Å². The number of carbonyl (C=O) groups excluding carboxylic acids is 5. The van der Waals surface area contributed by atoms with E-state index < -0.39 is 88.9 Å². The van der Waals surface area contributed by atoms with Crippen molar-refractivity contribution in [1.82, 2.24) is 57.5 Å². The quantitative estimate of drug-likeness (QED) is 0.0612. The van der Waals surface area contributed by atoms with E-state index in [9.17, 15) is 89.8 Å². The smallest absolute Gasteiger partial charge is 0.456 e. The number of benzene rings is 4. The van der Waals surface area contributed by atoms with Gasteiger partial charge < -0.3 is 52.1 Å². The average molecular weight is 1900 g/mol. The van der Waals surface area contributed by atoms with Crippen LogP contribution in [0.1, 0.15) is 213 Å². The summed E-state index contributed by atoms with van der Waals surface area (Å²) in [6.07, 6.45) is -12.8. The molecule has 4 saturated heterocycles. The van der Waals surface area contributed by atoms with Gasteiger partial charge in [-0.15, -0.1) is 0 Å². The second-order valence-corrected chi connectivity index (χ2v) is 36.8. The Labute approximate surface area is 766 Å². The Morgan fingerprint density at radius 1 is 0.417 bits per heavy atom. The number of methoxy groups -OCH3 is 1. The molecule has 4 aromatic heterocycles. The molecule has 0 atom stereocenters. The van der Waals surface area contributed by atoms with Crippen LogP contribution in [0.3, 0.4) is 0 Å². The van der Waals surface area contributed by atoms with Crippen molar-refractivity contribution >= 4 is 52.6 Å². The Kier molecular flexibility index (Phi) is 29.1. The molecule has 5 fully saturated rings. The minimum Gasteiger partial charge on any atom is -0.496 e. The molecule has 132 heavy (non-hydrogen) atoms. The van der Waals surface area contributed by atoms with Crippen molar-refractivity contribution in [3.05, 3.63) is 222 Å². The molecule has 8 aliphatic heterocycles. The number of alkyl halides is 15. The number of amides is 4. The van der Waals surface area contributed by atoms with Crippen LogP contribution in [-0.4, -0.2) is 226 Å². The number of carbonyl (C=O) groups is 5. The molecule has 716 valence electrons. The maximum absolute atomic E-state index is 13.6. The molecule has 17 rings (SSSR count). The highest BCUT2D eigenvalue weighted by Crippen LogP contribution is 2.51. The molecule has 12 heterocycles. The molecule has 4 aromatic carbocycles. The van der Waals surface area contributed by atoms with Crippen molar-refractivity contribution in [2.45, 2.75) is 202 Å². The van der Waals surface area contributed by atoms with E-state index in [4.69, 9.17) is 37.4 Å². The third-order valence-corrected chi connectivity index (χ3v) is 29.0. The van der Waals surface area contributed by atoms with Gasteiger partial charge in [0.2, 0.25) is 0 Å². The van der Waals surface area contributed by atoms with E-state index in [1.807, 2.05) is 70.0 Å². The van der Waals surface area contributed by atoms with Crippen LogP contribution in [0.4, 0.5) is 65.9 Å². The van der Waals surface area contributed by atoms with Gasteiger partial charge in [0.1, 0.15) is 28.6 Å². The molecule has 0 bridgehead atoms. The lowest BCUT2D eigenvalue weighted by Gasteiger charge is -2.50. The van der Waals surface area contributed by atoms with Crippen LogP contribution >= 0.6 is 23.2 Å². The van der Waals surface area contributed by atoms with Crippen molar-refractivity contribution < 1.29 is 104 Å². The summed E-state index contributed by atoms with van der Waals surface area (Å²) in [7, 11) is 9.28. The first-order valence-electron chi connectivity index (χ1n) is 44.6. The number of piperidine rings is 4. The summed E-state index contributed by atoms with van der Waals surface area (Å²) in [4.78, 5) is 79.8. The van der Waals surface area contributed by atoms with Gasteiger partial charge in [-0.3, -0.25) is 43.6 Å². The van der Waals surface area contributed by atoms with Crippen molar-refractivity contribution in [3.8, 4) is 11.5 Å². The van der Waals surface area contributed by atoms with Crippen LogP contribution in [0.25, 0.3) is 0 Å². The summed E-state index contributed by atoms with van der Waals surface area (Å²) >= 11 is 12.6. The fourth-order valence-electron chi connectivity index (χ4n) is 21.1. The van der Waals surface area contributed by atoms with Gasteiger partial charge in [0, 0.05) is 138 Å². The molecule has 4 spiro atoms. The third-order valence-electron chi connectivity index (χ3n) is 28.4. The largest absolute Gasteiger partial charge is 0.496 e. The predicted molar refractivity (Wildman–Crippen MR) is 465 cm³/mol. The zero-order chi connectivity index (χ0) is 95.2. The number of ketones is 1. The molecule has 0 N–H and O–H groups in total. The van der Waals surface area contributed by atoms with E-state index in [-0.39, 0.29) is 53.6 Å². The second-order valence-electron chi connectivity index (χ2n) is 36.0. The van der Waals surface area contributed by atoms with Gasteiger partial charge in [0.05, 0.1) is 82.0 Å². The van der Waals surface area contributed by atoms with E-state index >= 15 is 0 Å². The Bertz CT molecular complexity index is 5430. The molecule has 0 unspecified atom stereocenters. The molecule has 9 aliphatic rings. The predicted octanol–water partition coefficient (Wildman–Crippen LogP) is 19.7. The number of likely N-dealkylation sites (N-methyl/N-ethyl adjacent to an activating group) is 4. The second kappa shape index (κ2) is 39.1. The highest BCUT2D eigenvalue weighted by Gasteiger charge is 2.54. The Hall–Kier alpha value is -9.52. The maximum Gasteiger partial charge on any atom is 0.456 e. The average Bonchev–Trinajstić information content (AvgIpc) is 1.57. The lowest BCUT2D eigenvalue weighted by molar-refractivity contribution is -0.146. The summed E-state index contributed by atoms with van der Waals surface area (Å²) in [5.74, 6) is -0.619. The Balaban J connectivity index is 0.000000142. The Morgan fingerprint density at radius 2 is 0.826 bits per heavy atom. The summed E-state index contributed by atoms with van der Waals surface area (Å²) in [6, 6.07) is 36.1. The number of para-hydroxylation sites is 1. The van der Waals surface area contributed by atoms with Crippen LogP contribution in [0.5, 0.6) is 11.5 Å². The molecule has 1 saturated carbocycles.